The monoisotopic (exact) mass is 495 g/mol. The number of thioether (sulfide) groups is 1. The minimum atomic E-state index is -4.55. The van der Waals surface area contributed by atoms with Gasteiger partial charge in [-0.3, -0.25) is 9.59 Å². The number of pyridine rings is 1. The van der Waals surface area contributed by atoms with E-state index >= 15 is 0 Å². The van der Waals surface area contributed by atoms with Crippen molar-refractivity contribution < 1.29 is 18.0 Å². The molecule has 0 N–H and O–H groups in total. The maximum absolute atomic E-state index is 12.9. The van der Waals surface area contributed by atoms with E-state index in [1.54, 1.807) is 24.3 Å². The van der Waals surface area contributed by atoms with Crippen LogP contribution in [0.1, 0.15) is 10.4 Å². The van der Waals surface area contributed by atoms with Crippen LogP contribution in [0.2, 0.25) is 5.02 Å². The predicted molar refractivity (Wildman–Crippen MR) is 119 cm³/mol. The third-order valence-electron chi connectivity index (χ3n) is 5.02. The summed E-state index contributed by atoms with van der Waals surface area (Å²) in [5, 5.41) is 3.84. The van der Waals surface area contributed by atoms with Gasteiger partial charge in [-0.1, -0.05) is 29.8 Å². The predicted octanol–water partition coefficient (Wildman–Crippen LogP) is 3.86. The van der Waals surface area contributed by atoms with E-state index in [4.69, 9.17) is 11.6 Å². The molecule has 33 heavy (non-hydrogen) atoms. The average molecular weight is 496 g/mol. The minimum absolute atomic E-state index is 0.00440. The second-order valence-electron chi connectivity index (χ2n) is 7.08. The third kappa shape index (κ3) is 5.14. The zero-order valence-electron chi connectivity index (χ0n) is 17.0. The summed E-state index contributed by atoms with van der Waals surface area (Å²) in [6.45, 7) is 1.15. The van der Waals surface area contributed by atoms with Crippen LogP contribution in [0, 0.1) is 0 Å². The Labute approximate surface area is 195 Å². The van der Waals surface area contributed by atoms with E-state index in [1.165, 1.54) is 34.1 Å². The number of halogens is 4. The molecule has 0 aliphatic carbocycles. The first-order valence-electron chi connectivity index (χ1n) is 9.83. The minimum Gasteiger partial charge on any atom is -0.365 e. The Bertz CT molecular complexity index is 1210. The van der Waals surface area contributed by atoms with Crippen molar-refractivity contribution in [1.29, 1.82) is 0 Å². The van der Waals surface area contributed by atoms with Gasteiger partial charge in [0.1, 0.15) is 10.0 Å². The van der Waals surface area contributed by atoms with Crippen LogP contribution in [0.4, 0.5) is 18.9 Å². The number of carbonyl (C=O) groups excluding carboxylic acids is 1. The lowest BCUT2D eigenvalue weighted by molar-refractivity contribution is -0.0329. The van der Waals surface area contributed by atoms with E-state index in [9.17, 15) is 22.8 Å². The SMILES string of the molecule is O=C(c1cccnc1SC(F)(F)F)N1CCN(c2cnn(-c3ccccc3)c(=O)c2Cl)CC1. The van der Waals surface area contributed by atoms with Crippen molar-refractivity contribution in [2.24, 2.45) is 0 Å². The highest BCUT2D eigenvalue weighted by Crippen LogP contribution is 2.37. The number of hydrogen-bond acceptors (Lipinski definition) is 6. The van der Waals surface area contributed by atoms with Crippen LogP contribution in [0.25, 0.3) is 5.69 Å². The summed E-state index contributed by atoms with van der Waals surface area (Å²) in [6.07, 6.45) is 2.71. The first kappa shape index (κ1) is 23.1. The van der Waals surface area contributed by atoms with E-state index in [1.807, 2.05) is 11.0 Å². The van der Waals surface area contributed by atoms with Gasteiger partial charge in [0, 0.05) is 44.1 Å². The average Bonchev–Trinajstić information content (AvgIpc) is 2.80. The largest absolute Gasteiger partial charge is 0.447 e. The second-order valence-corrected chi connectivity index (χ2v) is 8.51. The first-order chi connectivity index (χ1) is 15.7. The number of nitrogens with zero attached hydrogens (tertiary/aromatic N) is 5. The number of para-hydroxylation sites is 1. The molecule has 0 saturated carbocycles. The van der Waals surface area contributed by atoms with Gasteiger partial charge in [0.25, 0.3) is 11.5 Å². The Morgan fingerprint density at radius 2 is 1.73 bits per heavy atom. The highest BCUT2D eigenvalue weighted by atomic mass is 35.5. The molecule has 1 saturated heterocycles. The van der Waals surface area contributed by atoms with Crippen LogP contribution in [-0.4, -0.2) is 57.3 Å². The zero-order valence-corrected chi connectivity index (χ0v) is 18.6. The first-order valence-corrected chi connectivity index (χ1v) is 11.0. The van der Waals surface area contributed by atoms with Crippen molar-refractivity contribution in [3.63, 3.8) is 0 Å². The molecule has 0 unspecified atom stereocenters. The molecule has 7 nitrogen and oxygen atoms in total. The van der Waals surface area contributed by atoms with Gasteiger partial charge in [-0.2, -0.15) is 23.0 Å². The smallest absolute Gasteiger partial charge is 0.365 e. The molecule has 1 aliphatic heterocycles. The summed E-state index contributed by atoms with van der Waals surface area (Å²) in [4.78, 5) is 32.6. The molecule has 0 bridgehead atoms. The number of carbonyl (C=O) groups is 1. The highest BCUT2D eigenvalue weighted by Gasteiger charge is 2.33. The Kier molecular flexibility index (Phi) is 6.61. The van der Waals surface area contributed by atoms with E-state index in [-0.39, 0.29) is 28.7 Å². The molecule has 4 rings (SSSR count). The zero-order chi connectivity index (χ0) is 23.6. The number of alkyl halides is 3. The van der Waals surface area contributed by atoms with Crippen molar-refractivity contribution in [3.05, 3.63) is 75.8 Å². The molecule has 1 amide bonds. The lowest BCUT2D eigenvalue weighted by atomic mass is 10.2. The van der Waals surface area contributed by atoms with Gasteiger partial charge < -0.3 is 9.80 Å². The summed E-state index contributed by atoms with van der Waals surface area (Å²) >= 11 is 5.93. The lowest BCUT2D eigenvalue weighted by Crippen LogP contribution is -2.49. The fourth-order valence-corrected chi connectivity index (χ4v) is 4.31. The topological polar surface area (TPSA) is 71.3 Å². The summed E-state index contributed by atoms with van der Waals surface area (Å²) in [5.41, 5.74) is -4.10. The molecule has 3 heterocycles. The summed E-state index contributed by atoms with van der Waals surface area (Å²) in [5.74, 6) is -0.529. The Balaban J connectivity index is 1.48. The van der Waals surface area contributed by atoms with Crippen molar-refractivity contribution in [2.45, 2.75) is 10.5 Å². The number of anilines is 1. The number of aromatic nitrogens is 3. The molecule has 0 spiro atoms. The molecule has 2 aromatic heterocycles. The molecule has 0 atom stereocenters. The number of benzene rings is 1. The van der Waals surface area contributed by atoms with Gasteiger partial charge in [-0.05, 0) is 24.3 Å². The standard InChI is InChI=1S/C21H17ClF3N5O2S/c22-17-16(13-27-30(20(17)32)14-5-2-1-3-6-14)28-9-11-29(12-10-28)19(31)15-7-4-8-26-18(15)33-21(23,24)25/h1-8,13H,9-12H2. The third-order valence-corrected chi connectivity index (χ3v) is 6.13. The van der Waals surface area contributed by atoms with Crippen LogP contribution in [-0.2, 0) is 0 Å². The van der Waals surface area contributed by atoms with Crippen molar-refractivity contribution in [3.8, 4) is 5.69 Å². The lowest BCUT2D eigenvalue weighted by Gasteiger charge is -2.36. The summed E-state index contributed by atoms with van der Waals surface area (Å²) in [7, 11) is 0. The van der Waals surface area contributed by atoms with Crippen molar-refractivity contribution >= 4 is 35.0 Å². The Morgan fingerprint density at radius 1 is 1.03 bits per heavy atom. The van der Waals surface area contributed by atoms with E-state index in [0.29, 0.717) is 24.5 Å². The molecule has 1 fully saturated rings. The van der Waals surface area contributed by atoms with Crippen molar-refractivity contribution in [2.75, 3.05) is 31.1 Å². The van der Waals surface area contributed by atoms with Gasteiger partial charge in [0.2, 0.25) is 0 Å². The van der Waals surface area contributed by atoms with E-state index < -0.39 is 28.7 Å². The van der Waals surface area contributed by atoms with Gasteiger partial charge >= 0.3 is 5.51 Å². The number of amides is 1. The number of piperazine rings is 1. The Hall–Kier alpha value is -3.05. The fourth-order valence-electron chi connectivity index (χ4n) is 3.46. The Morgan fingerprint density at radius 3 is 2.39 bits per heavy atom. The molecule has 1 aromatic carbocycles. The summed E-state index contributed by atoms with van der Waals surface area (Å²) in [6, 6.07) is 11.6. The van der Waals surface area contributed by atoms with E-state index in [2.05, 4.69) is 10.1 Å². The van der Waals surface area contributed by atoms with Gasteiger partial charge in [-0.15, -0.1) is 0 Å². The molecular weight excluding hydrogens is 479 g/mol. The van der Waals surface area contributed by atoms with E-state index in [0.717, 1.165) is 0 Å². The van der Waals surface area contributed by atoms with Crippen LogP contribution in [0.5, 0.6) is 0 Å². The quantitative estimate of drug-likeness (QED) is 0.512. The molecule has 1 aliphatic rings. The highest BCUT2D eigenvalue weighted by molar-refractivity contribution is 8.00. The van der Waals surface area contributed by atoms with Gasteiger partial charge in [0.05, 0.1) is 23.1 Å². The maximum atomic E-state index is 12.9. The normalized spacial score (nSPS) is 14.4. The van der Waals surface area contributed by atoms with Crippen LogP contribution < -0.4 is 10.5 Å². The molecular formula is C21H17ClF3N5O2S. The van der Waals surface area contributed by atoms with Crippen LogP contribution in [0.15, 0.2) is 64.7 Å². The molecule has 172 valence electrons. The summed E-state index contributed by atoms with van der Waals surface area (Å²) < 4.78 is 39.7. The molecule has 3 aromatic rings. The van der Waals surface area contributed by atoms with Gasteiger partial charge in [-0.25, -0.2) is 4.98 Å². The fraction of sp³-hybridized carbons (Fsp3) is 0.238. The number of hydrogen-bond donors (Lipinski definition) is 0. The molecule has 12 heteroatoms. The van der Waals surface area contributed by atoms with Crippen LogP contribution >= 0.6 is 23.4 Å². The van der Waals surface area contributed by atoms with Crippen LogP contribution in [0.3, 0.4) is 0 Å². The number of rotatable bonds is 4. The molecule has 0 radical (unpaired) electrons. The van der Waals surface area contributed by atoms with Gasteiger partial charge in [0.15, 0.2) is 0 Å². The maximum Gasteiger partial charge on any atom is 0.447 e. The second kappa shape index (κ2) is 9.44. The van der Waals surface area contributed by atoms with Crippen molar-refractivity contribution in [1.82, 2.24) is 19.7 Å².